The Balaban J connectivity index is 1.74. The molecule has 2 heterocycles. The number of para-hydroxylation sites is 1. The van der Waals surface area contributed by atoms with E-state index in [1.165, 1.54) is 15.9 Å². The summed E-state index contributed by atoms with van der Waals surface area (Å²) in [6.45, 7) is 1.75. The molecule has 0 saturated carbocycles. The third-order valence-corrected chi connectivity index (χ3v) is 3.83. The summed E-state index contributed by atoms with van der Waals surface area (Å²) in [7, 11) is 0. The lowest BCUT2D eigenvalue weighted by molar-refractivity contribution is 0.466. The predicted molar refractivity (Wildman–Crippen MR) is 96.0 cm³/mol. The topological polar surface area (TPSA) is 74.8 Å². The van der Waals surface area contributed by atoms with Crippen LogP contribution in [-0.2, 0) is 0 Å². The molecule has 7 nitrogen and oxygen atoms in total. The van der Waals surface area contributed by atoms with Crippen molar-refractivity contribution in [3.63, 3.8) is 0 Å². The normalized spacial score (nSPS) is 10.7. The summed E-state index contributed by atoms with van der Waals surface area (Å²) < 4.78 is 5.85. The number of hydrogen-bond acceptors (Lipinski definition) is 5. The Morgan fingerprint density at radius 3 is 2.46 bits per heavy atom. The lowest BCUT2D eigenvalue weighted by atomic mass is 10.1. The van der Waals surface area contributed by atoms with Crippen LogP contribution in [0.3, 0.4) is 0 Å². The molecule has 0 aliphatic rings. The van der Waals surface area contributed by atoms with E-state index in [9.17, 15) is 4.79 Å². The van der Waals surface area contributed by atoms with E-state index in [-0.39, 0.29) is 5.56 Å². The van der Waals surface area contributed by atoms with Gasteiger partial charge in [-0.1, -0.05) is 30.3 Å². The van der Waals surface area contributed by atoms with Gasteiger partial charge >= 0.3 is 0 Å². The number of nitrogens with zero attached hydrogens (tertiary/aromatic N) is 5. The number of rotatable bonds is 4. The van der Waals surface area contributed by atoms with E-state index in [0.29, 0.717) is 17.1 Å². The van der Waals surface area contributed by atoms with Crippen LogP contribution in [-0.4, -0.2) is 24.8 Å². The van der Waals surface area contributed by atoms with Crippen LogP contribution in [0.2, 0.25) is 0 Å². The molecular formula is C19H15N5O2. The Hall–Kier alpha value is -3.74. The van der Waals surface area contributed by atoms with E-state index in [4.69, 9.17) is 4.74 Å². The fourth-order valence-electron chi connectivity index (χ4n) is 2.59. The number of benzene rings is 2. The zero-order valence-corrected chi connectivity index (χ0v) is 14.0. The number of aromatic nitrogens is 5. The molecule has 4 rings (SSSR count). The highest BCUT2D eigenvalue weighted by Crippen LogP contribution is 2.25. The molecule has 0 amide bonds. The summed E-state index contributed by atoms with van der Waals surface area (Å²) in [4.78, 5) is 19.4. The van der Waals surface area contributed by atoms with Crippen molar-refractivity contribution >= 4 is 0 Å². The van der Waals surface area contributed by atoms with E-state index in [2.05, 4.69) is 15.2 Å². The molecule has 0 saturated heterocycles. The standard InChI is InChI=1S/C19H15N5O2/c1-14-20-13-22-23(14)24-19(25)18(10-11-21-24)15-6-5-9-17(12-15)26-16-7-3-2-4-8-16/h2-13H,1H3. The van der Waals surface area contributed by atoms with Crippen LogP contribution >= 0.6 is 0 Å². The molecule has 0 radical (unpaired) electrons. The van der Waals surface area contributed by atoms with Gasteiger partial charge in [0.1, 0.15) is 23.7 Å². The Bertz CT molecular complexity index is 1100. The van der Waals surface area contributed by atoms with Gasteiger partial charge in [-0.15, -0.1) is 14.7 Å². The van der Waals surface area contributed by atoms with Crippen molar-refractivity contribution < 1.29 is 4.74 Å². The van der Waals surface area contributed by atoms with E-state index >= 15 is 0 Å². The van der Waals surface area contributed by atoms with Crippen LogP contribution in [0.5, 0.6) is 11.5 Å². The van der Waals surface area contributed by atoms with Crippen LogP contribution in [0.4, 0.5) is 0 Å². The molecule has 26 heavy (non-hydrogen) atoms. The molecule has 0 spiro atoms. The molecule has 0 fully saturated rings. The maximum Gasteiger partial charge on any atom is 0.295 e. The molecule has 128 valence electrons. The van der Waals surface area contributed by atoms with Gasteiger partial charge in [0.2, 0.25) is 0 Å². The maximum atomic E-state index is 12.9. The molecule has 7 heteroatoms. The van der Waals surface area contributed by atoms with E-state index in [1.807, 2.05) is 54.6 Å². The first kappa shape index (κ1) is 15.8. The van der Waals surface area contributed by atoms with Crippen LogP contribution in [0.15, 0.2) is 78.0 Å². The van der Waals surface area contributed by atoms with Crippen molar-refractivity contribution in [2.45, 2.75) is 6.92 Å². The maximum absolute atomic E-state index is 12.9. The summed E-state index contributed by atoms with van der Waals surface area (Å²) in [5.74, 6) is 1.95. The van der Waals surface area contributed by atoms with E-state index in [0.717, 1.165) is 11.3 Å². The molecule has 0 N–H and O–H groups in total. The average Bonchev–Trinajstić information content (AvgIpc) is 3.09. The number of hydrogen-bond donors (Lipinski definition) is 0. The number of ether oxygens (including phenoxy) is 1. The van der Waals surface area contributed by atoms with Crippen molar-refractivity contribution in [3.05, 3.63) is 89.4 Å². The monoisotopic (exact) mass is 345 g/mol. The third kappa shape index (κ3) is 2.98. The Morgan fingerprint density at radius 1 is 0.885 bits per heavy atom. The van der Waals surface area contributed by atoms with Crippen molar-refractivity contribution in [1.29, 1.82) is 0 Å². The second-order valence-corrected chi connectivity index (χ2v) is 5.58. The van der Waals surface area contributed by atoms with Crippen molar-refractivity contribution in [3.8, 4) is 22.6 Å². The first-order valence-electron chi connectivity index (χ1n) is 8.01. The highest BCUT2D eigenvalue weighted by atomic mass is 16.5. The zero-order chi connectivity index (χ0) is 17.9. The summed E-state index contributed by atoms with van der Waals surface area (Å²) in [6, 6.07) is 18.5. The molecule has 0 bridgehead atoms. The van der Waals surface area contributed by atoms with Gasteiger partial charge in [-0.3, -0.25) is 4.79 Å². The zero-order valence-electron chi connectivity index (χ0n) is 14.0. The van der Waals surface area contributed by atoms with Gasteiger partial charge in [0.05, 0.1) is 11.8 Å². The minimum Gasteiger partial charge on any atom is -0.457 e. The van der Waals surface area contributed by atoms with Gasteiger partial charge in [-0.05, 0) is 42.8 Å². The summed E-state index contributed by atoms with van der Waals surface area (Å²) in [6.07, 6.45) is 2.94. The van der Waals surface area contributed by atoms with Gasteiger partial charge in [-0.25, -0.2) is 4.98 Å². The molecule has 0 aliphatic carbocycles. The van der Waals surface area contributed by atoms with Crippen LogP contribution < -0.4 is 10.3 Å². The molecule has 4 aromatic rings. The van der Waals surface area contributed by atoms with Crippen LogP contribution in [0.25, 0.3) is 11.1 Å². The minimum absolute atomic E-state index is 0.294. The summed E-state index contributed by atoms with van der Waals surface area (Å²) >= 11 is 0. The quantitative estimate of drug-likeness (QED) is 0.568. The average molecular weight is 345 g/mol. The first-order valence-corrected chi connectivity index (χ1v) is 8.01. The molecule has 2 aromatic carbocycles. The second kappa shape index (κ2) is 6.64. The highest BCUT2D eigenvalue weighted by molar-refractivity contribution is 5.64. The van der Waals surface area contributed by atoms with Gasteiger partial charge in [0.15, 0.2) is 0 Å². The smallest absolute Gasteiger partial charge is 0.295 e. The van der Waals surface area contributed by atoms with Crippen molar-refractivity contribution in [2.24, 2.45) is 0 Å². The fourth-order valence-corrected chi connectivity index (χ4v) is 2.59. The van der Waals surface area contributed by atoms with Crippen LogP contribution in [0.1, 0.15) is 5.82 Å². The Kier molecular flexibility index (Phi) is 4.03. The molecule has 0 unspecified atom stereocenters. The van der Waals surface area contributed by atoms with Crippen LogP contribution in [0, 0.1) is 6.92 Å². The molecular weight excluding hydrogens is 330 g/mol. The summed E-state index contributed by atoms with van der Waals surface area (Å²) in [5.41, 5.74) is 0.934. The first-order chi connectivity index (χ1) is 12.7. The van der Waals surface area contributed by atoms with E-state index < -0.39 is 0 Å². The van der Waals surface area contributed by atoms with Gasteiger partial charge in [-0.2, -0.15) is 5.10 Å². The Morgan fingerprint density at radius 2 is 1.69 bits per heavy atom. The molecule has 2 aromatic heterocycles. The highest BCUT2D eigenvalue weighted by Gasteiger charge is 2.11. The van der Waals surface area contributed by atoms with Gasteiger partial charge < -0.3 is 4.74 Å². The largest absolute Gasteiger partial charge is 0.457 e. The molecule has 0 atom stereocenters. The summed E-state index contributed by atoms with van der Waals surface area (Å²) in [5, 5.41) is 8.13. The van der Waals surface area contributed by atoms with Gasteiger partial charge in [0.25, 0.3) is 5.56 Å². The SMILES string of the molecule is Cc1ncnn1-n1nccc(-c2cccc(Oc3ccccc3)c2)c1=O. The number of aryl methyl sites for hydroxylation is 1. The predicted octanol–water partition coefficient (Wildman–Crippen LogP) is 2.91. The van der Waals surface area contributed by atoms with Crippen molar-refractivity contribution in [1.82, 2.24) is 24.8 Å². The third-order valence-electron chi connectivity index (χ3n) is 3.83. The second-order valence-electron chi connectivity index (χ2n) is 5.58. The van der Waals surface area contributed by atoms with Crippen molar-refractivity contribution in [2.75, 3.05) is 0 Å². The fraction of sp³-hybridized carbons (Fsp3) is 0.0526. The molecule has 0 aliphatic heterocycles. The van der Waals surface area contributed by atoms with Gasteiger partial charge in [0, 0.05) is 0 Å². The lowest BCUT2D eigenvalue weighted by Crippen LogP contribution is -2.31. The minimum atomic E-state index is -0.294. The lowest BCUT2D eigenvalue weighted by Gasteiger charge is -2.09. The Labute approximate surface area is 149 Å². The van der Waals surface area contributed by atoms with E-state index in [1.54, 1.807) is 19.2 Å².